The maximum Gasteiger partial charge on any atom is 0.105 e. The minimum absolute atomic E-state index is 0.967. The molecule has 4 heteroatoms. The van der Waals surface area contributed by atoms with Crippen LogP contribution in [-0.2, 0) is 7.05 Å². The van der Waals surface area contributed by atoms with Gasteiger partial charge in [-0.15, -0.1) is 5.10 Å². The summed E-state index contributed by atoms with van der Waals surface area (Å²) in [6.45, 7) is 0. The molecule has 13 heavy (non-hydrogen) atoms. The van der Waals surface area contributed by atoms with Crippen LogP contribution in [0.25, 0.3) is 21.8 Å². The molecule has 3 aromatic rings. The second-order valence-corrected chi connectivity index (χ2v) is 3.11. The monoisotopic (exact) mass is 172 g/mol. The van der Waals surface area contributed by atoms with Gasteiger partial charge in [-0.05, 0) is 12.1 Å². The van der Waals surface area contributed by atoms with Crippen molar-refractivity contribution in [3.8, 4) is 0 Å². The van der Waals surface area contributed by atoms with Crippen LogP contribution >= 0.6 is 0 Å². The molecule has 0 radical (unpaired) electrons. The number of H-pyrrole nitrogens is 1. The standard InChI is InChI=1S/C9H8N4/c1-13-8-3-2-6-4-10-12-9(6)7(8)5-11-13/h2-5,11H,1H3. The van der Waals surface area contributed by atoms with Gasteiger partial charge in [0, 0.05) is 24.0 Å². The maximum absolute atomic E-state index is 4.08. The van der Waals surface area contributed by atoms with E-state index in [0.29, 0.717) is 0 Å². The Balaban J connectivity index is 2.66. The summed E-state index contributed by atoms with van der Waals surface area (Å²) < 4.78 is 1.96. The molecule has 3 rings (SSSR count). The van der Waals surface area contributed by atoms with E-state index < -0.39 is 0 Å². The third-order valence-electron chi connectivity index (χ3n) is 2.34. The molecule has 0 spiro atoms. The Bertz CT molecular complexity index is 575. The summed E-state index contributed by atoms with van der Waals surface area (Å²) >= 11 is 0. The summed E-state index contributed by atoms with van der Waals surface area (Å²) in [6.07, 6.45) is 3.73. The lowest BCUT2D eigenvalue weighted by Crippen LogP contribution is -1.87. The Morgan fingerprint density at radius 2 is 2.31 bits per heavy atom. The molecule has 4 nitrogen and oxygen atoms in total. The minimum Gasteiger partial charge on any atom is -0.305 e. The highest BCUT2D eigenvalue weighted by molar-refractivity contribution is 6.03. The van der Waals surface area contributed by atoms with Crippen LogP contribution in [0.4, 0.5) is 0 Å². The van der Waals surface area contributed by atoms with E-state index in [1.165, 1.54) is 0 Å². The first kappa shape index (κ1) is 6.65. The number of aromatic nitrogens is 4. The molecule has 0 saturated heterocycles. The highest BCUT2D eigenvalue weighted by Gasteiger charge is 2.04. The highest BCUT2D eigenvalue weighted by atomic mass is 15.2. The highest BCUT2D eigenvalue weighted by Crippen LogP contribution is 2.21. The quantitative estimate of drug-likeness (QED) is 0.557. The summed E-state index contributed by atoms with van der Waals surface area (Å²) in [6, 6.07) is 4.10. The molecule has 1 N–H and O–H groups in total. The lowest BCUT2D eigenvalue weighted by atomic mass is 10.2. The van der Waals surface area contributed by atoms with Crippen LogP contribution in [0.15, 0.2) is 24.5 Å². The van der Waals surface area contributed by atoms with Crippen molar-refractivity contribution < 1.29 is 0 Å². The van der Waals surface area contributed by atoms with Gasteiger partial charge in [-0.2, -0.15) is 5.10 Å². The van der Waals surface area contributed by atoms with Gasteiger partial charge in [0.05, 0.1) is 11.7 Å². The topological polar surface area (TPSA) is 46.5 Å². The van der Waals surface area contributed by atoms with E-state index in [0.717, 1.165) is 21.8 Å². The lowest BCUT2D eigenvalue weighted by Gasteiger charge is -1.93. The van der Waals surface area contributed by atoms with Gasteiger partial charge in [0.1, 0.15) is 5.52 Å². The number of rotatable bonds is 0. The van der Waals surface area contributed by atoms with E-state index in [-0.39, 0.29) is 0 Å². The molecule has 0 aliphatic heterocycles. The van der Waals surface area contributed by atoms with E-state index in [9.17, 15) is 0 Å². The largest absolute Gasteiger partial charge is 0.305 e. The molecular weight excluding hydrogens is 164 g/mol. The molecule has 64 valence electrons. The normalized spacial score (nSPS) is 11.5. The van der Waals surface area contributed by atoms with Crippen molar-refractivity contribution in [1.29, 1.82) is 0 Å². The summed E-state index contributed by atoms with van der Waals surface area (Å²) in [5, 5.41) is 13.3. The summed E-state index contributed by atoms with van der Waals surface area (Å²) in [5.41, 5.74) is 2.11. The van der Waals surface area contributed by atoms with Crippen LogP contribution in [0.3, 0.4) is 0 Å². The van der Waals surface area contributed by atoms with Crippen molar-refractivity contribution in [2.24, 2.45) is 7.05 Å². The number of hydrogen-bond donors (Lipinski definition) is 1. The van der Waals surface area contributed by atoms with Crippen LogP contribution in [0, 0.1) is 0 Å². The van der Waals surface area contributed by atoms with E-state index in [2.05, 4.69) is 21.4 Å². The van der Waals surface area contributed by atoms with Gasteiger partial charge in [-0.3, -0.25) is 4.68 Å². The molecule has 0 atom stereocenters. The smallest absolute Gasteiger partial charge is 0.105 e. The van der Waals surface area contributed by atoms with E-state index in [1.807, 2.05) is 24.0 Å². The minimum atomic E-state index is 0.967. The van der Waals surface area contributed by atoms with Crippen molar-refractivity contribution in [1.82, 2.24) is 20.0 Å². The van der Waals surface area contributed by atoms with E-state index in [1.54, 1.807) is 6.20 Å². The zero-order valence-corrected chi connectivity index (χ0v) is 7.15. The predicted octanol–water partition coefficient (Wildman–Crippen LogP) is 1.45. The molecule has 0 bridgehead atoms. The molecule has 0 aliphatic carbocycles. The molecule has 0 amide bonds. The predicted molar refractivity (Wildman–Crippen MR) is 50.4 cm³/mol. The number of benzene rings is 1. The van der Waals surface area contributed by atoms with Gasteiger partial charge < -0.3 is 5.10 Å². The van der Waals surface area contributed by atoms with Crippen molar-refractivity contribution in [3.63, 3.8) is 0 Å². The molecule has 2 aromatic heterocycles. The first-order valence-electron chi connectivity index (χ1n) is 4.10. The molecule has 1 aromatic carbocycles. The average molecular weight is 172 g/mol. The van der Waals surface area contributed by atoms with Crippen molar-refractivity contribution in [2.45, 2.75) is 0 Å². The van der Waals surface area contributed by atoms with Crippen molar-refractivity contribution in [3.05, 3.63) is 24.5 Å². The Kier molecular flexibility index (Phi) is 1.07. The van der Waals surface area contributed by atoms with Gasteiger partial charge >= 0.3 is 0 Å². The molecule has 0 saturated carbocycles. The zero-order chi connectivity index (χ0) is 8.84. The molecule has 2 heterocycles. The maximum atomic E-state index is 4.08. The zero-order valence-electron chi connectivity index (χ0n) is 7.15. The van der Waals surface area contributed by atoms with Gasteiger partial charge in [0.25, 0.3) is 0 Å². The van der Waals surface area contributed by atoms with Crippen LogP contribution < -0.4 is 0 Å². The molecule has 0 unspecified atom stereocenters. The number of aromatic amines is 1. The van der Waals surface area contributed by atoms with Gasteiger partial charge in [-0.1, -0.05) is 0 Å². The fourth-order valence-electron chi connectivity index (χ4n) is 1.64. The Hall–Kier alpha value is -1.84. The number of fused-ring (bicyclic) bond motifs is 3. The number of nitrogens with zero attached hydrogens (tertiary/aromatic N) is 3. The van der Waals surface area contributed by atoms with Crippen molar-refractivity contribution >= 4 is 21.8 Å². The van der Waals surface area contributed by atoms with Crippen LogP contribution in [0.1, 0.15) is 0 Å². The number of aryl methyl sites for hydroxylation is 1. The summed E-state index contributed by atoms with van der Waals surface area (Å²) in [5.74, 6) is 0. The second-order valence-electron chi connectivity index (χ2n) is 3.11. The van der Waals surface area contributed by atoms with Gasteiger partial charge in [-0.25, -0.2) is 0 Å². The fraction of sp³-hybridized carbons (Fsp3) is 0.111. The molecule has 0 fully saturated rings. The lowest BCUT2D eigenvalue weighted by molar-refractivity contribution is 0.797. The number of hydrogen-bond acceptors (Lipinski definition) is 2. The Labute approximate surface area is 74.2 Å². The SMILES string of the molecule is Cn1[nH]cc2c3nncc3ccc21. The fourth-order valence-corrected chi connectivity index (χ4v) is 1.64. The van der Waals surface area contributed by atoms with Crippen LogP contribution in [0.2, 0.25) is 0 Å². The van der Waals surface area contributed by atoms with Crippen LogP contribution in [0.5, 0.6) is 0 Å². The van der Waals surface area contributed by atoms with E-state index >= 15 is 0 Å². The molecular formula is C9H8N4. The number of nitrogens with one attached hydrogen (secondary N) is 1. The first-order valence-corrected chi connectivity index (χ1v) is 4.10. The van der Waals surface area contributed by atoms with Gasteiger partial charge in [0.15, 0.2) is 0 Å². The van der Waals surface area contributed by atoms with Gasteiger partial charge in [0.2, 0.25) is 0 Å². The third kappa shape index (κ3) is 0.744. The third-order valence-corrected chi connectivity index (χ3v) is 2.34. The average Bonchev–Trinajstić information content (AvgIpc) is 2.70. The van der Waals surface area contributed by atoms with Crippen molar-refractivity contribution in [2.75, 3.05) is 0 Å². The Morgan fingerprint density at radius 1 is 1.38 bits per heavy atom. The van der Waals surface area contributed by atoms with E-state index in [4.69, 9.17) is 0 Å². The summed E-state index contributed by atoms with van der Waals surface area (Å²) in [7, 11) is 1.98. The first-order chi connectivity index (χ1) is 6.36. The summed E-state index contributed by atoms with van der Waals surface area (Å²) in [4.78, 5) is 0. The molecule has 0 aliphatic rings. The Morgan fingerprint density at radius 3 is 3.23 bits per heavy atom. The second kappa shape index (κ2) is 2.10. The van der Waals surface area contributed by atoms with Crippen LogP contribution in [-0.4, -0.2) is 20.0 Å².